The molecule has 0 bridgehead atoms. The second-order valence-corrected chi connectivity index (χ2v) is 5.12. The van der Waals surface area contributed by atoms with Crippen molar-refractivity contribution in [2.24, 2.45) is 5.10 Å². The number of carbonyl (C=O) groups excluding carboxylic acids is 1. The molecule has 0 saturated carbocycles. The first-order valence-electron chi connectivity index (χ1n) is 6.22. The molecule has 0 aromatic carbocycles. The summed E-state index contributed by atoms with van der Waals surface area (Å²) in [5.74, 6) is -0.974. The Hall–Kier alpha value is -1.90. The van der Waals surface area contributed by atoms with Crippen LogP contribution >= 0.6 is 0 Å². The molecule has 1 aliphatic heterocycles. The highest BCUT2D eigenvalue weighted by atomic mass is 19.4. The van der Waals surface area contributed by atoms with Crippen molar-refractivity contribution in [3.63, 3.8) is 0 Å². The number of alkyl halides is 3. The Morgan fingerprint density at radius 2 is 2.05 bits per heavy atom. The van der Waals surface area contributed by atoms with Crippen molar-refractivity contribution in [2.75, 3.05) is 0 Å². The molecule has 0 unspecified atom stereocenters. The minimum absolute atomic E-state index is 0.0385. The van der Waals surface area contributed by atoms with Crippen LogP contribution in [0, 0.1) is 13.8 Å². The normalized spacial score (nSPS) is 22.6. The number of aliphatic hydroxyl groups is 1. The molecular weight excluding hydrogens is 289 g/mol. The molecule has 1 aromatic heterocycles. The predicted molar refractivity (Wildman–Crippen MR) is 67.3 cm³/mol. The van der Waals surface area contributed by atoms with Gasteiger partial charge in [0.05, 0.1) is 5.69 Å². The molecule has 9 heteroatoms. The minimum Gasteiger partial charge on any atom is -0.362 e. The molecule has 116 valence electrons. The highest BCUT2D eigenvalue weighted by Crippen LogP contribution is 2.40. The zero-order chi connectivity index (χ0) is 16.0. The van der Waals surface area contributed by atoms with E-state index in [1.54, 1.807) is 19.9 Å². The number of rotatable bonds is 2. The number of hydrogen-bond donors (Lipinski definition) is 1. The van der Waals surface area contributed by atoms with Gasteiger partial charge in [0.25, 0.3) is 11.6 Å². The fourth-order valence-corrected chi connectivity index (χ4v) is 2.23. The monoisotopic (exact) mass is 304 g/mol. The maximum absolute atomic E-state index is 13.0. The molecule has 6 nitrogen and oxygen atoms in total. The molecule has 2 rings (SSSR count). The van der Waals surface area contributed by atoms with Crippen LogP contribution in [-0.4, -0.2) is 43.4 Å². The fraction of sp³-hybridized carbons (Fsp3) is 0.583. The molecule has 0 spiro atoms. The highest BCUT2D eigenvalue weighted by Gasteiger charge is 2.62. The van der Waals surface area contributed by atoms with E-state index in [0.717, 1.165) is 0 Å². The quantitative estimate of drug-likeness (QED) is 0.897. The van der Waals surface area contributed by atoms with Gasteiger partial charge in [-0.3, -0.25) is 9.48 Å². The van der Waals surface area contributed by atoms with Gasteiger partial charge in [0.1, 0.15) is 6.54 Å². The Balaban J connectivity index is 2.27. The summed E-state index contributed by atoms with van der Waals surface area (Å²) in [4.78, 5) is 12.1. The van der Waals surface area contributed by atoms with Gasteiger partial charge < -0.3 is 5.11 Å². The average molecular weight is 304 g/mol. The summed E-state index contributed by atoms with van der Waals surface area (Å²) in [7, 11) is 0. The Morgan fingerprint density at radius 3 is 2.52 bits per heavy atom. The van der Waals surface area contributed by atoms with E-state index in [-0.39, 0.29) is 10.7 Å². The van der Waals surface area contributed by atoms with Gasteiger partial charge in [-0.1, -0.05) is 0 Å². The van der Waals surface area contributed by atoms with E-state index in [0.29, 0.717) is 11.4 Å². The van der Waals surface area contributed by atoms with Crippen LogP contribution in [0.2, 0.25) is 0 Å². The third-order valence-corrected chi connectivity index (χ3v) is 3.20. The summed E-state index contributed by atoms with van der Waals surface area (Å²) in [6.45, 7) is 4.29. The molecule has 0 saturated heterocycles. The third kappa shape index (κ3) is 2.65. The first-order valence-corrected chi connectivity index (χ1v) is 6.22. The lowest BCUT2D eigenvalue weighted by Gasteiger charge is -2.32. The molecule has 1 aliphatic rings. The van der Waals surface area contributed by atoms with Crippen molar-refractivity contribution in [1.29, 1.82) is 0 Å². The van der Waals surface area contributed by atoms with E-state index in [4.69, 9.17) is 0 Å². The van der Waals surface area contributed by atoms with E-state index >= 15 is 0 Å². The van der Waals surface area contributed by atoms with Crippen LogP contribution in [0.3, 0.4) is 0 Å². The lowest BCUT2D eigenvalue weighted by atomic mass is 10.1. The first kappa shape index (κ1) is 15.5. The van der Waals surface area contributed by atoms with E-state index in [1.807, 2.05) is 0 Å². The van der Waals surface area contributed by atoms with E-state index < -0.39 is 30.8 Å². The molecule has 0 aliphatic carbocycles. The lowest BCUT2D eigenvalue weighted by molar-refractivity contribution is -0.302. The number of hydrazone groups is 1. The maximum atomic E-state index is 13.0. The Labute approximate surface area is 118 Å². The molecule has 21 heavy (non-hydrogen) atoms. The smallest absolute Gasteiger partial charge is 0.362 e. The summed E-state index contributed by atoms with van der Waals surface area (Å²) < 4.78 is 40.3. The summed E-state index contributed by atoms with van der Waals surface area (Å²) in [6, 6.07) is 1.70. The van der Waals surface area contributed by atoms with Crippen LogP contribution in [0.25, 0.3) is 0 Å². The molecule has 0 radical (unpaired) electrons. The van der Waals surface area contributed by atoms with Gasteiger partial charge in [-0.2, -0.15) is 28.4 Å². The standard InChI is InChI=1S/C12H15F3N4O2/c1-7-4-9(3)18(16-7)6-10(20)19-11(21,12(13,14)15)5-8(2)17-19/h4,21H,5-6H2,1-3H3/t11-/m0/s1. The summed E-state index contributed by atoms with van der Waals surface area (Å²) in [5, 5.41) is 17.5. The third-order valence-electron chi connectivity index (χ3n) is 3.20. The van der Waals surface area contributed by atoms with Gasteiger partial charge in [-0.25, -0.2) is 0 Å². The number of carbonyl (C=O) groups is 1. The minimum atomic E-state index is -4.99. The highest BCUT2D eigenvalue weighted by molar-refractivity contribution is 5.89. The van der Waals surface area contributed by atoms with Crippen molar-refractivity contribution < 1.29 is 23.1 Å². The number of halogens is 3. The van der Waals surface area contributed by atoms with Crippen molar-refractivity contribution in [1.82, 2.24) is 14.8 Å². The van der Waals surface area contributed by atoms with Crippen LogP contribution in [0.4, 0.5) is 13.2 Å². The summed E-state index contributed by atoms with van der Waals surface area (Å²) in [6.07, 6.45) is -5.74. The molecular formula is C12H15F3N4O2. The van der Waals surface area contributed by atoms with Crippen LogP contribution in [0.5, 0.6) is 0 Å². The summed E-state index contributed by atoms with van der Waals surface area (Å²) in [5.41, 5.74) is -1.97. The van der Waals surface area contributed by atoms with Crippen molar-refractivity contribution in [3.8, 4) is 0 Å². The molecule has 1 N–H and O–H groups in total. The van der Waals surface area contributed by atoms with E-state index in [2.05, 4.69) is 10.2 Å². The number of nitrogens with zero attached hydrogens (tertiary/aromatic N) is 4. The number of amides is 1. The first-order chi connectivity index (χ1) is 9.54. The second kappa shape index (κ2) is 4.83. The lowest BCUT2D eigenvalue weighted by Crippen LogP contribution is -2.57. The zero-order valence-electron chi connectivity index (χ0n) is 11.8. The van der Waals surface area contributed by atoms with Crippen LogP contribution in [0.1, 0.15) is 24.7 Å². The van der Waals surface area contributed by atoms with Crippen molar-refractivity contribution in [2.45, 2.75) is 45.6 Å². The van der Waals surface area contributed by atoms with Crippen LogP contribution < -0.4 is 0 Å². The van der Waals surface area contributed by atoms with E-state index in [1.165, 1.54) is 11.6 Å². The second-order valence-electron chi connectivity index (χ2n) is 5.12. The Morgan fingerprint density at radius 1 is 1.43 bits per heavy atom. The van der Waals surface area contributed by atoms with Crippen LogP contribution in [-0.2, 0) is 11.3 Å². The average Bonchev–Trinajstić information content (AvgIpc) is 2.79. The number of aromatic nitrogens is 2. The largest absolute Gasteiger partial charge is 0.438 e. The topological polar surface area (TPSA) is 70.7 Å². The van der Waals surface area contributed by atoms with Crippen molar-refractivity contribution >= 4 is 11.6 Å². The molecule has 1 aromatic rings. The van der Waals surface area contributed by atoms with Gasteiger partial charge in [-0.05, 0) is 26.8 Å². The van der Waals surface area contributed by atoms with Crippen molar-refractivity contribution in [3.05, 3.63) is 17.5 Å². The van der Waals surface area contributed by atoms with Gasteiger partial charge in [-0.15, -0.1) is 0 Å². The maximum Gasteiger partial charge on any atom is 0.438 e. The number of aryl methyl sites for hydroxylation is 2. The van der Waals surface area contributed by atoms with E-state index in [9.17, 15) is 23.1 Å². The number of hydrogen-bond acceptors (Lipinski definition) is 4. The Kier molecular flexibility index (Phi) is 3.56. The molecule has 1 amide bonds. The Bertz CT molecular complexity index is 608. The molecule has 1 atom stereocenters. The predicted octanol–water partition coefficient (Wildman–Crippen LogP) is 1.36. The van der Waals surface area contributed by atoms with Crippen LogP contribution in [0.15, 0.2) is 11.2 Å². The van der Waals surface area contributed by atoms with Gasteiger partial charge in [0.2, 0.25) is 0 Å². The SMILES string of the molecule is CC1=NN(C(=O)Cn2nc(C)cc2C)[C@@](O)(C(F)(F)F)C1. The van der Waals surface area contributed by atoms with Gasteiger partial charge in [0.15, 0.2) is 0 Å². The zero-order valence-corrected chi connectivity index (χ0v) is 11.8. The van der Waals surface area contributed by atoms with Gasteiger partial charge >= 0.3 is 6.18 Å². The summed E-state index contributed by atoms with van der Waals surface area (Å²) >= 11 is 0. The molecule has 0 fully saturated rings. The molecule has 2 heterocycles. The van der Waals surface area contributed by atoms with Gasteiger partial charge in [0, 0.05) is 17.8 Å². The fourth-order valence-electron chi connectivity index (χ4n) is 2.23.